The van der Waals surface area contributed by atoms with E-state index in [-0.39, 0.29) is 10.8 Å². The maximum absolute atomic E-state index is 13.1. The summed E-state index contributed by atoms with van der Waals surface area (Å²) >= 11 is 0. The highest BCUT2D eigenvalue weighted by atomic mass is 32.2. The van der Waals surface area contributed by atoms with Gasteiger partial charge in [-0.3, -0.25) is 4.79 Å². The number of para-hydroxylation sites is 1. The monoisotopic (exact) mass is 397 g/mol. The Morgan fingerprint density at radius 3 is 2.64 bits per heavy atom. The molecule has 0 bridgehead atoms. The quantitative estimate of drug-likeness (QED) is 0.789. The molecule has 28 heavy (non-hydrogen) atoms. The van der Waals surface area contributed by atoms with Gasteiger partial charge in [0, 0.05) is 30.8 Å². The van der Waals surface area contributed by atoms with E-state index in [1.165, 1.54) is 6.07 Å². The van der Waals surface area contributed by atoms with Crippen molar-refractivity contribution < 1.29 is 13.2 Å². The molecule has 0 aliphatic carbocycles. The second-order valence-electron chi connectivity index (χ2n) is 7.01. The van der Waals surface area contributed by atoms with Gasteiger partial charge >= 0.3 is 0 Å². The van der Waals surface area contributed by atoms with Crippen LogP contribution in [0.3, 0.4) is 0 Å². The number of carbonyl (C=O) groups is 1. The van der Waals surface area contributed by atoms with Crippen LogP contribution in [0, 0.1) is 0 Å². The minimum absolute atomic E-state index is 0.119. The molecule has 2 heterocycles. The lowest BCUT2D eigenvalue weighted by Gasteiger charge is -2.30. The first-order chi connectivity index (χ1) is 13.5. The SMILES string of the molecule is CCN(C(=O)c1ccc2c(c1)S(=O)(=O)N=C1CCCCCN12)c1ccccc1. The van der Waals surface area contributed by atoms with Gasteiger partial charge in [0.25, 0.3) is 15.9 Å². The lowest BCUT2D eigenvalue weighted by atomic mass is 10.1. The van der Waals surface area contributed by atoms with Crippen LogP contribution in [0.15, 0.2) is 57.8 Å². The number of sulfonamides is 1. The van der Waals surface area contributed by atoms with Crippen molar-refractivity contribution in [2.45, 2.75) is 37.5 Å². The van der Waals surface area contributed by atoms with E-state index in [0.29, 0.717) is 30.1 Å². The van der Waals surface area contributed by atoms with E-state index in [0.717, 1.165) is 31.5 Å². The Morgan fingerprint density at radius 1 is 1.11 bits per heavy atom. The summed E-state index contributed by atoms with van der Waals surface area (Å²) in [6.07, 6.45) is 3.66. The molecule has 4 rings (SSSR count). The van der Waals surface area contributed by atoms with Crippen LogP contribution in [0.2, 0.25) is 0 Å². The fourth-order valence-electron chi connectivity index (χ4n) is 3.82. The zero-order valence-corrected chi connectivity index (χ0v) is 16.7. The first-order valence-electron chi connectivity index (χ1n) is 9.63. The lowest BCUT2D eigenvalue weighted by molar-refractivity contribution is 0.0988. The van der Waals surface area contributed by atoms with Crippen LogP contribution in [-0.4, -0.2) is 33.3 Å². The van der Waals surface area contributed by atoms with Crippen molar-refractivity contribution in [2.24, 2.45) is 4.40 Å². The number of benzene rings is 2. The van der Waals surface area contributed by atoms with Crippen LogP contribution in [0.4, 0.5) is 11.4 Å². The smallest absolute Gasteiger partial charge is 0.286 e. The van der Waals surface area contributed by atoms with E-state index < -0.39 is 10.0 Å². The summed E-state index contributed by atoms with van der Waals surface area (Å²) in [5, 5.41) is 0. The van der Waals surface area contributed by atoms with Crippen LogP contribution in [0.1, 0.15) is 43.0 Å². The van der Waals surface area contributed by atoms with Gasteiger partial charge < -0.3 is 9.80 Å². The van der Waals surface area contributed by atoms with E-state index in [1.54, 1.807) is 17.0 Å². The van der Waals surface area contributed by atoms with Crippen LogP contribution in [0.25, 0.3) is 0 Å². The number of fused-ring (bicyclic) bond motifs is 3. The number of amidine groups is 1. The predicted molar refractivity (Wildman–Crippen MR) is 111 cm³/mol. The summed E-state index contributed by atoms with van der Waals surface area (Å²) in [6.45, 7) is 3.13. The van der Waals surface area contributed by atoms with Gasteiger partial charge in [-0.25, -0.2) is 0 Å². The largest absolute Gasteiger partial charge is 0.328 e. The van der Waals surface area contributed by atoms with Crippen LogP contribution in [0.5, 0.6) is 0 Å². The fraction of sp³-hybridized carbons (Fsp3) is 0.333. The van der Waals surface area contributed by atoms with Crippen molar-refractivity contribution in [3.05, 3.63) is 54.1 Å². The molecule has 1 saturated heterocycles. The topological polar surface area (TPSA) is 70.0 Å². The molecule has 2 aromatic carbocycles. The summed E-state index contributed by atoms with van der Waals surface area (Å²) in [6, 6.07) is 14.3. The van der Waals surface area contributed by atoms with Gasteiger partial charge in [-0.2, -0.15) is 8.42 Å². The number of hydrogen-bond donors (Lipinski definition) is 0. The zero-order chi connectivity index (χ0) is 19.7. The van der Waals surface area contributed by atoms with Gasteiger partial charge in [0.1, 0.15) is 10.7 Å². The molecule has 0 spiro atoms. The van der Waals surface area contributed by atoms with E-state index in [4.69, 9.17) is 0 Å². The molecular formula is C21H23N3O3S. The Bertz CT molecular complexity index is 1030. The first kappa shape index (κ1) is 18.7. The van der Waals surface area contributed by atoms with Gasteiger partial charge in [0.15, 0.2) is 0 Å². The lowest BCUT2D eigenvalue weighted by Crippen LogP contribution is -2.36. The molecule has 6 nitrogen and oxygen atoms in total. The van der Waals surface area contributed by atoms with Crippen molar-refractivity contribution in [3.8, 4) is 0 Å². The summed E-state index contributed by atoms with van der Waals surface area (Å²) in [7, 11) is -3.81. The minimum atomic E-state index is -3.81. The molecule has 0 atom stereocenters. The highest BCUT2D eigenvalue weighted by molar-refractivity contribution is 7.90. The van der Waals surface area contributed by atoms with E-state index in [1.807, 2.05) is 42.2 Å². The molecule has 0 unspecified atom stereocenters. The van der Waals surface area contributed by atoms with Gasteiger partial charge in [0.05, 0.1) is 5.69 Å². The van der Waals surface area contributed by atoms with Gasteiger partial charge in [-0.1, -0.05) is 24.6 Å². The maximum atomic E-state index is 13.1. The molecule has 1 amide bonds. The molecule has 2 aromatic rings. The van der Waals surface area contributed by atoms with E-state index >= 15 is 0 Å². The third-order valence-electron chi connectivity index (χ3n) is 5.22. The van der Waals surface area contributed by atoms with Gasteiger partial charge in [-0.05, 0) is 50.1 Å². The normalized spacial score (nSPS) is 17.8. The molecule has 0 saturated carbocycles. The molecule has 7 heteroatoms. The van der Waals surface area contributed by atoms with Crippen molar-refractivity contribution in [1.29, 1.82) is 0 Å². The predicted octanol–water partition coefficient (Wildman–Crippen LogP) is 3.83. The molecule has 1 fully saturated rings. The highest BCUT2D eigenvalue weighted by Gasteiger charge is 2.32. The summed E-state index contributed by atoms with van der Waals surface area (Å²) in [4.78, 5) is 16.8. The Balaban J connectivity index is 1.75. The molecule has 0 N–H and O–H groups in total. The van der Waals surface area contributed by atoms with E-state index in [9.17, 15) is 13.2 Å². The third-order valence-corrected chi connectivity index (χ3v) is 6.56. The standard InChI is InChI=1S/C21H23N3O3S/c1-2-23(17-9-5-3-6-10-17)21(25)16-12-13-18-19(15-16)28(26,27)22-20-11-7-4-8-14-24(18)20/h3,5-6,9-10,12-13,15H,2,4,7-8,11,14H2,1H3. The van der Waals surface area contributed by atoms with Gasteiger partial charge in [0.2, 0.25) is 0 Å². The summed E-state index contributed by atoms with van der Waals surface area (Å²) in [5.74, 6) is 0.390. The molecule has 146 valence electrons. The fourth-order valence-corrected chi connectivity index (χ4v) is 5.10. The highest BCUT2D eigenvalue weighted by Crippen LogP contribution is 2.35. The number of nitrogens with zero attached hydrogens (tertiary/aromatic N) is 3. The molecule has 0 aromatic heterocycles. The van der Waals surface area contributed by atoms with Crippen LogP contribution in [-0.2, 0) is 10.0 Å². The summed E-state index contributed by atoms with van der Waals surface area (Å²) in [5.41, 5.74) is 1.76. The Morgan fingerprint density at radius 2 is 1.89 bits per heavy atom. The third kappa shape index (κ3) is 3.30. The number of amides is 1. The molecule has 0 radical (unpaired) electrons. The molecular weight excluding hydrogens is 374 g/mol. The number of hydrogen-bond acceptors (Lipinski definition) is 4. The average molecular weight is 398 g/mol. The number of carbonyl (C=O) groups excluding carboxylic acids is 1. The maximum Gasteiger partial charge on any atom is 0.286 e. The van der Waals surface area contributed by atoms with Crippen molar-refractivity contribution in [3.63, 3.8) is 0 Å². The Kier molecular flexibility index (Phi) is 4.93. The van der Waals surface area contributed by atoms with Crippen molar-refractivity contribution >= 4 is 33.1 Å². The minimum Gasteiger partial charge on any atom is -0.328 e. The van der Waals surface area contributed by atoms with Crippen molar-refractivity contribution in [1.82, 2.24) is 0 Å². The number of anilines is 2. The Hall–Kier alpha value is -2.67. The number of rotatable bonds is 3. The van der Waals surface area contributed by atoms with Crippen LogP contribution < -0.4 is 9.80 Å². The second kappa shape index (κ2) is 7.39. The first-order valence-corrected chi connectivity index (χ1v) is 11.1. The molecule has 2 aliphatic heterocycles. The van der Waals surface area contributed by atoms with E-state index in [2.05, 4.69) is 4.40 Å². The average Bonchev–Trinajstić information content (AvgIpc) is 2.94. The molecule has 2 aliphatic rings. The summed E-state index contributed by atoms with van der Waals surface area (Å²) < 4.78 is 29.6. The van der Waals surface area contributed by atoms with Crippen molar-refractivity contribution in [2.75, 3.05) is 22.9 Å². The second-order valence-corrected chi connectivity index (χ2v) is 8.58. The van der Waals surface area contributed by atoms with Crippen LogP contribution >= 0.6 is 0 Å². The Labute approximate surface area is 165 Å². The zero-order valence-electron chi connectivity index (χ0n) is 15.8. The van der Waals surface area contributed by atoms with Gasteiger partial charge in [-0.15, -0.1) is 4.40 Å².